The largest absolute Gasteiger partial charge is 0.506 e. The summed E-state index contributed by atoms with van der Waals surface area (Å²) >= 11 is 0. The molecular formula is C13H16N4O2. The number of phenolic OH excluding ortho intramolecular Hbond substituents is 1. The van der Waals surface area contributed by atoms with Crippen molar-refractivity contribution in [1.29, 1.82) is 0 Å². The summed E-state index contributed by atoms with van der Waals surface area (Å²) in [4.78, 5) is 15.6. The fourth-order valence-corrected chi connectivity index (χ4v) is 1.69. The van der Waals surface area contributed by atoms with E-state index in [1.54, 1.807) is 12.1 Å². The molecule has 0 aliphatic heterocycles. The number of hydrogen-bond donors (Lipinski definition) is 3. The molecule has 1 aromatic carbocycles. The Kier molecular flexibility index (Phi) is 3.79. The topological polar surface area (TPSA) is 90.9 Å². The van der Waals surface area contributed by atoms with Crippen LogP contribution < -0.4 is 5.32 Å². The number of carbonyl (C=O) groups is 1. The number of aromatic hydroxyl groups is 1. The monoisotopic (exact) mass is 260 g/mol. The number of aromatic nitrogens is 3. The molecule has 0 radical (unpaired) electrons. The average Bonchev–Trinajstić information content (AvgIpc) is 2.94. The van der Waals surface area contributed by atoms with E-state index in [9.17, 15) is 9.90 Å². The van der Waals surface area contributed by atoms with Crippen molar-refractivity contribution in [3.63, 3.8) is 0 Å². The number of carbonyl (C=O) groups excluding carboxylic acids is 1. The molecule has 1 amide bonds. The zero-order valence-electron chi connectivity index (χ0n) is 10.8. The third-order valence-electron chi connectivity index (χ3n) is 3.08. The Morgan fingerprint density at radius 1 is 1.53 bits per heavy atom. The van der Waals surface area contributed by atoms with E-state index in [0.29, 0.717) is 11.6 Å². The van der Waals surface area contributed by atoms with Gasteiger partial charge in [-0.1, -0.05) is 19.9 Å². The summed E-state index contributed by atoms with van der Waals surface area (Å²) in [5.41, 5.74) is 1.44. The van der Waals surface area contributed by atoms with Gasteiger partial charge in [0.25, 0.3) is 5.91 Å². The fraction of sp³-hybridized carbons (Fsp3) is 0.308. The highest BCUT2D eigenvalue weighted by atomic mass is 16.3. The van der Waals surface area contributed by atoms with Gasteiger partial charge in [-0.25, -0.2) is 4.98 Å². The van der Waals surface area contributed by atoms with Crippen LogP contribution in [0.25, 0.3) is 0 Å². The molecule has 2 aromatic rings. The van der Waals surface area contributed by atoms with Crippen molar-refractivity contribution in [2.45, 2.75) is 26.2 Å². The van der Waals surface area contributed by atoms with Crippen LogP contribution in [0.1, 0.15) is 42.4 Å². The summed E-state index contributed by atoms with van der Waals surface area (Å²) in [5, 5.41) is 18.5. The highest BCUT2D eigenvalue weighted by Crippen LogP contribution is 2.29. The first-order valence-corrected chi connectivity index (χ1v) is 6.11. The zero-order valence-corrected chi connectivity index (χ0v) is 10.8. The van der Waals surface area contributed by atoms with Crippen LogP contribution in [0.5, 0.6) is 5.75 Å². The van der Waals surface area contributed by atoms with Gasteiger partial charge in [-0.3, -0.25) is 9.89 Å². The van der Waals surface area contributed by atoms with Gasteiger partial charge < -0.3 is 10.4 Å². The second-order valence-electron chi connectivity index (χ2n) is 4.37. The van der Waals surface area contributed by atoms with E-state index in [1.807, 2.05) is 6.07 Å². The summed E-state index contributed by atoms with van der Waals surface area (Å²) in [6.45, 7) is 4.18. The lowest BCUT2D eigenvalue weighted by Crippen LogP contribution is -2.14. The fourth-order valence-electron chi connectivity index (χ4n) is 1.69. The van der Waals surface area contributed by atoms with Gasteiger partial charge in [-0.05, 0) is 30.0 Å². The Morgan fingerprint density at radius 3 is 2.95 bits per heavy atom. The lowest BCUT2D eigenvalue weighted by molar-refractivity contribution is 0.101. The Bertz CT molecular complexity index is 566. The van der Waals surface area contributed by atoms with Crippen LogP contribution in [0.4, 0.5) is 5.69 Å². The third-order valence-corrected chi connectivity index (χ3v) is 3.08. The van der Waals surface area contributed by atoms with Crippen molar-refractivity contribution >= 4 is 11.6 Å². The van der Waals surface area contributed by atoms with Crippen LogP contribution in [-0.4, -0.2) is 26.2 Å². The second kappa shape index (κ2) is 5.51. The molecule has 0 fully saturated rings. The summed E-state index contributed by atoms with van der Waals surface area (Å²) in [6, 6.07) is 5.21. The number of phenols is 1. The number of rotatable bonds is 4. The molecule has 0 saturated carbocycles. The number of hydrogen-bond acceptors (Lipinski definition) is 4. The van der Waals surface area contributed by atoms with E-state index in [0.717, 1.165) is 12.0 Å². The summed E-state index contributed by atoms with van der Waals surface area (Å²) in [5.74, 6) is 0.0592. The van der Waals surface area contributed by atoms with Crippen molar-refractivity contribution in [3.05, 3.63) is 35.9 Å². The van der Waals surface area contributed by atoms with Crippen LogP contribution in [0, 0.1) is 0 Å². The van der Waals surface area contributed by atoms with Gasteiger partial charge in [0.2, 0.25) is 5.82 Å². The number of H-pyrrole nitrogens is 1. The van der Waals surface area contributed by atoms with Crippen molar-refractivity contribution in [1.82, 2.24) is 15.2 Å². The van der Waals surface area contributed by atoms with Gasteiger partial charge in [0.05, 0.1) is 5.69 Å². The van der Waals surface area contributed by atoms with Crippen molar-refractivity contribution in [3.8, 4) is 5.75 Å². The zero-order chi connectivity index (χ0) is 13.8. The second-order valence-corrected chi connectivity index (χ2v) is 4.37. The summed E-state index contributed by atoms with van der Waals surface area (Å²) in [6.07, 6.45) is 2.24. The number of anilines is 1. The standard InChI is InChI=1S/C13H16N4O2/c1-3-8(2)9-4-5-11(18)10(6-9)16-13(19)12-14-7-15-17-12/h4-8,18H,3H2,1-2H3,(H,16,19)(H,14,15,17)/t8-/m0/s1. The Morgan fingerprint density at radius 2 is 2.32 bits per heavy atom. The first-order chi connectivity index (χ1) is 9.11. The third kappa shape index (κ3) is 2.90. The number of nitrogens with one attached hydrogen (secondary N) is 2. The minimum absolute atomic E-state index is 0.0277. The molecule has 0 aliphatic rings. The maximum absolute atomic E-state index is 11.8. The minimum atomic E-state index is -0.436. The molecule has 0 aliphatic carbocycles. The molecule has 19 heavy (non-hydrogen) atoms. The Hall–Kier alpha value is -2.37. The lowest BCUT2D eigenvalue weighted by Gasteiger charge is -2.12. The Labute approximate surface area is 110 Å². The van der Waals surface area contributed by atoms with E-state index in [4.69, 9.17) is 0 Å². The van der Waals surface area contributed by atoms with Gasteiger partial charge in [-0.2, -0.15) is 5.10 Å². The molecular weight excluding hydrogens is 244 g/mol. The van der Waals surface area contributed by atoms with Crippen LogP contribution in [0.15, 0.2) is 24.5 Å². The van der Waals surface area contributed by atoms with E-state index >= 15 is 0 Å². The molecule has 0 unspecified atom stereocenters. The van der Waals surface area contributed by atoms with Crippen LogP contribution in [0.2, 0.25) is 0 Å². The van der Waals surface area contributed by atoms with Crippen LogP contribution >= 0.6 is 0 Å². The van der Waals surface area contributed by atoms with E-state index in [1.165, 1.54) is 6.33 Å². The molecule has 100 valence electrons. The van der Waals surface area contributed by atoms with E-state index in [-0.39, 0.29) is 11.6 Å². The van der Waals surface area contributed by atoms with Crippen LogP contribution in [-0.2, 0) is 0 Å². The van der Waals surface area contributed by atoms with Gasteiger partial charge in [0.1, 0.15) is 12.1 Å². The normalized spacial score (nSPS) is 12.1. The maximum Gasteiger partial charge on any atom is 0.293 e. The maximum atomic E-state index is 11.8. The molecule has 0 bridgehead atoms. The highest BCUT2D eigenvalue weighted by molar-refractivity contribution is 6.02. The summed E-state index contributed by atoms with van der Waals surface area (Å²) in [7, 11) is 0. The molecule has 2 rings (SSSR count). The molecule has 1 atom stereocenters. The van der Waals surface area contributed by atoms with Crippen LogP contribution in [0.3, 0.4) is 0 Å². The number of aromatic amines is 1. The number of benzene rings is 1. The smallest absolute Gasteiger partial charge is 0.293 e. The quantitative estimate of drug-likeness (QED) is 0.735. The van der Waals surface area contributed by atoms with Crippen molar-refractivity contribution < 1.29 is 9.90 Å². The van der Waals surface area contributed by atoms with Gasteiger partial charge >= 0.3 is 0 Å². The van der Waals surface area contributed by atoms with Gasteiger partial charge in [0.15, 0.2) is 0 Å². The molecule has 0 spiro atoms. The molecule has 6 nitrogen and oxygen atoms in total. The Balaban J connectivity index is 2.22. The molecule has 0 saturated heterocycles. The average molecular weight is 260 g/mol. The van der Waals surface area contributed by atoms with E-state index < -0.39 is 5.91 Å². The predicted molar refractivity (Wildman–Crippen MR) is 71.1 cm³/mol. The minimum Gasteiger partial charge on any atom is -0.506 e. The number of amides is 1. The first-order valence-electron chi connectivity index (χ1n) is 6.11. The SMILES string of the molecule is CC[C@H](C)c1ccc(O)c(NC(=O)c2ncn[nH]2)c1. The highest BCUT2D eigenvalue weighted by Gasteiger charge is 2.13. The predicted octanol–water partition coefficient (Wildman–Crippen LogP) is 2.28. The number of nitrogens with zero attached hydrogens (tertiary/aromatic N) is 2. The summed E-state index contributed by atoms with van der Waals surface area (Å²) < 4.78 is 0. The van der Waals surface area contributed by atoms with Crippen molar-refractivity contribution in [2.24, 2.45) is 0 Å². The molecule has 1 aromatic heterocycles. The molecule has 3 N–H and O–H groups in total. The van der Waals surface area contributed by atoms with Gasteiger partial charge in [-0.15, -0.1) is 0 Å². The van der Waals surface area contributed by atoms with E-state index in [2.05, 4.69) is 34.3 Å². The van der Waals surface area contributed by atoms with Crippen molar-refractivity contribution in [2.75, 3.05) is 5.32 Å². The first kappa shape index (κ1) is 13.1. The lowest BCUT2D eigenvalue weighted by atomic mass is 9.98. The molecule has 6 heteroatoms. The van der Waals surface area contributed by atoms with Gasteiger partial charge in [0, 0.05) is 0 Å². The molecule has 1 heterocycles.